The van der Waals surface area contributed by atoms with E-state index in [1.54, 1.807) is 24.3 Å². The summed E-state index contributed by atoms with van der Waals surface area (Å²) in [5, 5.41) is 3.39. The van der Waals surface area contributed by atoms with Crippen LogP contribution in [0.1, 0.15) is 0 Å². The fourth-order valence-electron chi connectivity index (χ4n) is 1.62. The Morgan fingerprint density at radius 3 is 2.65 bits per heavy atom. The first-order valence-electron chi connectivity index (χ1n) is 5.49. The van der Waals surface area contributed by atoms with Crippen molar-refractivity contribution in [1.82, 2.24) is 19.9 Å². The highest BCUT2D eigenvalue weighted by atomic mass is 32.1. The number of nitrogens with zero attached hydrogens (tertiary/aromatic N) is 2. The Morgan fingerprint density at radius 2 is 1.85 bits per heavy atom. The molecule has 0 atom stereocenters. The maximum absolute atomic E-state index is 11.8. The first-order chi connectivity index (χ1) is 9.61. The van der Waals surface area contributed by atoms with Gasteiger partial charge in [0.15, 0.2) is 5.13 Å². The van der Waals surface area contributed by atoms with E-state index in [9.17, 15) is 14.4 Å². The van der Waals surface area contributed by atoms with Crippen molar-refractivity contribution in [3.05, 3.63) is 55.6 Å². The van der Waals surface area contributed by atoms with Gasteiger partial charge in [-0.2, -0.15) is 9.97 Å². The molecule has 0 radical (unpaired) electrons. The summed E-state index contributed by atoms with van der Waals surface area (Å²) in [5.74, 6) is -0.0721. The molecular formula is C11H7N5O3S. The van der Waals surface area contributed by atoms with E-state index in [0.29, 0.717) is 5.39 Å². The molecular weight excluding hydrogens is 282 g/mol. The molecule has 0 aliphatic rings. The number of aromatic nitrogens is 4. The minimum Gasteiger partial charge on any atom is -0.301 e. The summed E-state index contributed by atoms with van der Waals surface area (Å²) < 4.78 is 0.738. The molecule has 20 heavy (non-hydrogen) atoms. The minimum absolute atomic E-state index is 0.0721. The molecule has 1 aromatic carbocycles. The predicted octanol–water partition coefficient (Wildman–Crippen LogP) is 0.172. The van der Waals surface area contributed by atoms with Crippen molar-refractivity contribution in [2.24, 2.45) is 0 Å². The number of hydrogen-bond donors (Lipinski definition) is 3. The molecule has 100 valence electrons. The number of hydrogen-bond acceptors (Lipinski definition) is 7. The highest BCUT2D eigenvalue weighted by Gasteiger charge is 2.06. The van der Waals surface area contributed by atoms with Crippen molar-refractivity contribution in [2.45, 2.75) is 0 Å². The van der Waals surface area contributed by atoms with Crippen molar-refractivity contribution in [1.29, 1.82) is 0 Å². The molecule has 0 bridgehead atoms. The number of benzene rings is 1. The van der Waals surface area contributed by atoms with Crippen LogP contribution in [0, 0.1) is 0 Å². The molecule has 0 aliphatic carbocycles. The molecule has 9 heteroatoms. The van der Waals surface area contributed by atoms with Crippen LogP contribution in [0.5, 0.6) is 0 Å². The van der Waals surface area contributed by atoms with Crippen molar-refractivity contribution in [3.63, 3.8) is 0 Å². The van der Waals surface area contributed by atoms with Gasteiger partial charge in [0, 0.05) is 4.70 Å². The van der Waals surface area contributed by atoms with Crippen molar-refractivity contribution < 1.29 is 0 Å². The van der Waals surface area contributed by atoms with E-state index in [1.165, 1.54) is 11.3 Å². The van der Waals surface area contributed by atoms with Gasteiger partial charge in [-0.3, -0.25) is 14.8 Å². The van der Waals surface area contributed by atoms with Gasteiger partial charge in [0.2, 0.25) is 5.95 Å². The number of rotatable bonds is 2. The van der Waals surface area contributed by atoms with Crippen LogP contribution in [0.3, 0.4) is 0 Å². The second kappa shape index (κ2) is 4.70. The molecule has 3 N–H and O–H groups in total. The first kappa shape index (κ1) is 12.2. The fraction of sp³-hybridized carbons (Fsp3) is 0. The SMILES string of the molecule is O=c1nc(Nc2nc(=O)c3ccccc3s2)[nH]c(=O)[nH]1. The van der Waals surface area contributed by atoms with Gasteiger partial charge in [-0.25, -0.2) is 9.59 Å². The molecule has 0 amide bonds. The molecule has 0 spiro atoms. The summed E-state index contributed by atoms with van der Waals surface area (Å²) in [6.07, 6.45) is 0. The molecule has 0 fully saturated rings. The smallest absolute Gasteiger partial charge is 0.301 e. The molecule has 3 rings (SSSR count). The van der Waals surface area contributed by atoms with Gasteiger partial charge in [-0.15, -0.1) is 0 Å². The van der Waals surface area contributed by atoms with Gasteiger partial charge >= 0.3 is 11.4 Å². The average molecular weight is 289 g/mol. The Bertz CT molecular complexity index is 930. The molecule has 2 aromatic heterocycles. The van der Waals surface area contributed by atoms with Gasteiger partial charge in [0.1, 0.15) is 0 Å². The average Bonchev–Trinajstić information content (AvgIpc) is 2.37. The molecule has 0 saturated carbocycles. The number of aromatic amines is 2. The van der Waals surface area contributed by atoms with E-state index in [2.05, 4.69) is 20.3 Å². The maximum Gasteiger partial charge on any atom is 0.352 e. The predicted molar refractivity (Wildman–Crippen MR) is 74.7 cm³/mol. The summed E-state index contributed by atoms with van der Waals surface area (Å²) in [6.45, 7) is 0. The first-order valence-corrected chi connectivity index (χ1v) is 6.31. The van der Waals surface area contributed by atoms with E-state index in [-0.39, 0.29) is 11.1 Å². The van der Waals surface area contributed by atoms with Gasteiger partial charge in [0.25, 0.3) is 5.56 Å². The maximum atomic E-state index is 11.8. The normalized spacial score (nSPS) is 10.6. The van der Waals surface area contributed by atoms with Crippen molar-refractivity contribution in [3.8, 4) is 0 Å². The van der Waals surface area contributed by atoms with Gasteiger partial charge in [-0.1, -0.05) is 23.5 Å². The lowest BCUT2D eigenvalue weighted by molar-refractivity contribution is 0.941. The highest BCUT2D eigenvalue weighted by molar-refractivity contribution is 7.21. The van der Waals surface area contributed by atoms with E-state index < -0.39 is 16.9 Å². The highest BCUT2D eigenvalue weighted by Crippen LogP contribution is 2.21. The number of H-pyrrole nitrogens is 2. The van der Waals surface area contributed by atoms with Crippen molar-refractivity contribution in [2.75, 3.05) is 5.32 Å². The number of nitrogens with one attached hydrogen (secondary N) is 3. The monoisotopic (exact) mass is 289 g/mol. The van der Waals surface area contributed by atoms with Crippen LogP contribution in [0.4, 0.5) is 11.1 Å². The standard InChI is InChI=1S/C11H7N5O3S/c17-7-5-3-1-2-4-6(5)20-11(12-7)15-8-13-9(18)16-10(19)14-8/h1-4H,(H3,12,13,14,15,16,17,18,19). The Kier molecular flexibility index (Phi) is 2.88. The van der Waals surface area contributed by atoms with E-state index in [4.69, 9.17) is 0 Å². The van der Waals surface area contributed by atoms with E-state index >= 15 is 0 Å². The summed E-state index contributed by atoms with van der Waals surface area (Å²) in [7, 11) is 0. The third-order valence-corrected chi connectivity index (χ3v) is 3.38. The van der Waals surface area contributed by atoms with Crippen LogP contribution < -0.4 is 22.3 Å². The molecule has 8 nitrogen and oxygen atoms in total. The van der Waals surface area contributed by atoms with Gasteiger partial charge < -0.3 is 5.32 Å². The summed E-state index contributed by atoms with van der Waals surface area (Å²) in [5.41, 5.74) is -1.88. The largest absolute Gasteiger partial charge is 0.352 e. The molecule has 0 aliphatic heterocycles. The van der Waals surface area contributed by atoms with Crippen LogP contribution >= 0.6 is 11.3 Å². The molecule has 2 heterocycles. The third-order valence-electron chi connectivity index (χ3n) is 2.42. The lowest BCUT2D eigenvalue weighted by Crippen LogP contribution is -2.26. The topological polar surface area (TPSA) is 121 Å². The minimum atomic E-state index is -0.788. The second-order valence-corrected chi connectivity index (χ2v) is 4.82. The van der Waals surface area contributed by atoms with Gasteiger partial charge in [-0.05, 0) is 12.1 Å². The quantitative estimate of drug-likeness (QED) is 0.618. The fourth-order valence-corrected chi connectivity index (χ4v) is 2.52. The second-order valence-electron chi connectivity index (χ2n) is 3.79. The Hall–Kier alpha value is -2.81. The summed E-state index contributed by atoms with van der Waals surface area (Å²) >= 11 is 1.21. The van der Waals surface area contributed by atoms with E-state index in [1.807, 2.05) is 4.98 Å². The molecule has 0 saturated heterocycles. The lowest BCUT2D eigenvalue weighted by atomic mass is 10.3. The Balaban J connectivity index is 2.09. The zero-order chi connectivity index (χ0) is 14.1. The molecule has 0 unspecified atom stereocenters. The van der Waals surface area contributed by atoms with Crippen LogP contribution in [0.2, 0.25) is 0 Å². The number of anilines is 2. The zero-order valence-electron chi connectivity index (χ0n) is 9.84. The van der Waals surface area contributed by atoms with Crippen LogP contribution in [-0.2, 0) is 0 Å². The van der Waals surface area contributed by atoms with Crippen LogP contribution in [-0.4, -0.2) is 19.9 Å². The van der Waals surface area contributed by atoms with Crippen LogP contribution in [0.15, 0.2) is 38.6 Å². The van der Waals surface area contributed by atoms with Crippen molar-refractivity contribution >= 4 is 32.5 Å². The Labute approximate surface area is 114 Å². The Morgan fingerprint density at radius 1 is 1.05 bits per heavy atom. The summed E-state index contributed by atoms with van der Waals surface area (Å²) in [4.78, 5) is 45.6. The third kappa shape index (κ3) is 2.34. The van der Waals surface area contributed by atoms with Crippen LogP contribution in [0.25, 0.3) is 10.1 Å². The number of fused-ring (bicyclic) bond motifs is 1. The zero-order valence-corrected chi connectivity index (χ0v) is 10.7. The van der Waals surface area contributed by atoms with E-state index in [0.717, 1.165) is 4.70 Å². The molecule has 3 aromatic rings. The lowest BCUT2D eigenvalue weighted by Gasteiger charge is -2.03. The van der Waals surface area contributed by atoms with Gasteiger partial charge in [0.05, 0.1) is 5.39 Å². The summed E-state index contributed by atoms with van der Waals surface area (Å²) in [6, 6.07) is 7.01.